The quantitative estimate of drug-likeness (QED) is 0.617. The minimum Gasteiger partial charge on any atom is -0.486 e. The van der Waals surface area contributed by atoms with Gasteiger partial charge in [-0.15, -0.1) is 0 Å². The topological polar surface area (TPSA) is 93.7 Å². The van der Waals surface area contributed by atoms with Crippen LogP contribution in [0.2, 0.25) is 0 Å². The van der Waals surface area contributed by atoms with E-state index in [-0.39, 0.29) is 0 Å². The Bertz CT molecular complexity index is 1010. The number of methoxy groups -OCH3 is 1. The van der Waals surface area contributed by atoms with Gasteiger partial charge in [-0.25, -0.2) is 4.98 Å². The molecule has 0 amide bonds. The second-order valence-corrected chi connectivity index (χ2v) is 7.60. The van der Waals surface area contributed by atoms with Gasteiger partial charge in [0, 0.05) is 38.0 Å². The molecule has 3 aromatic rings. The number of hydrogen-bond donors (Lipinski definition) is 2. The van der Waals surface area contributed by atoms with Crippen molar-refractivity contribution >= 4 is 16.7 Å². The van der Waals surface area contributed by atoms with Gasteiger partial charge < -0.3 is 29.7 Å². The van der Waals surface area contributed by atoms with Crippen molar-refractivity contribution in [3.63, 3.8) is 0 Å². The highest BCUT2D eigenvalue weighted by molar-refractivity contribution is 5.88. The van der Waals surface area contributed by atoms with Crippen molar-refractivity contribution in [1.29, 1.82) is 0 Å². The van der Waals surface area contributed by atoms with Crippen LogP contribution in [0.5, 0.6) is 17.4 Å². The fraction of sp³-hybridized carbons (Fsp3) is 0.458. The molecule has 33 heavy (non-hydrogen) atoms. The lowest BCUT2D eigenvalue weighted by atomic mass is 10.2. The van der Waals surface area contributed by atoms with E-state index >= 15 is 0 Å². The van der Waals surface area contributed by atoms with Crippen LogP contribution < -0.4 is 29.7 Å². The van der Waals surface area contributed by atoms with Crippen LogP contribution in [0.4, 0.5) is 5.69 Å². The lowest BCUT2D eigenvalue weighted by molar-refractivity contribution is 0.170. The number of fused-ring (bicyclic) bond motifs is 2. The van der Waals surface area contributed by atoms with Gasteiger partial charge in [0.1, 0.15) is 18.7 Å². The molecule has 178 valence electrons. The Morgan fingerprint density at radius 3 is 2.42 bits per heavy atom. The standard InChI is InChI=1S/C13H15N3O.C9H12N2O2.C2H7N/c1-17-12-5-4-10-13(15-12)11(6-7-14-10)16-8-2-3-9-16;1-10-5-7-4-8-9(6-11-7)13-3-2-12-8;1-3-2/h4-7H,2-3,8-9H2,1H3;4,6,10H,2-3,5H2,1H3;3H,1-2H3. The van der Waals surface area contributed by atoms with Crippen LogP contribution in [0.1, 0.15) is 18.5 Å². The van der Waals surface area contributed by atoms with E-state index in [9.17, 15) is 0 Å². The molecule has 0 aliphatic carbocycles. The summed E-state index contributed by atoms with van der Waals surface area (Å²) in [6.45, 7) is 4.20. The maximum atomic E-state index is 5.42. The van der Waals surface area contributed by atoms with E-state index in [4.69, 9.17) is 14.2 Å². The molecule has 0 radical (unpaired) electrons. The molecule has 1 saturated heterocycles. The van der Waals surface area contributed by atoms with Gasteiger partial charge in [0.25, 0.3) is 0 Å². The van der Waals surface area contributed by atoms with Crippen LogP contribution in [0.25, 0.3) is 11.0 Å². The highest BCUT2D eigenvalue weighted by Gasteiger charge is 2.16. The predicted octanol–water partition coefficient (Wildman–Crippen LogP) is 2.65. The first kappa shape index (κ1) is 24.5. The number of aromatic nitrogens is 3. The van der Waals surface area contributed by atoms with Crippen molar-refractivity contribution in [2.45, 2.75) is 19.4 Å². The van der Waals surface area contributed by atoms with Crippen LogP contribution in [0.3, 0.4) is 0 Å². The predicted molar refractivity (Wildman–Crippen MR) is 131 cm³/mol. The van der Waals surface area contributed by atoms with E-state index in [2.05, 4.69) is 30.5 Å². The second kappa shape index (κ2) is 12.8. The molecule has 0 atom stereocenters. The molecule has 0 spiro atoms. The third-order valence-corrected chi connectivity index (χ3v) is 5.04. The van der Waals surface area contributed by atoms with Gasteiger partial charge in [-0.2, -0.15) is 0 Å². The minimum absolute atomic E-state index is 0.611. The van der Waals surface area contributed by atoms with Crippen molar-refractivity contribution < 1.29 is 14.2 Å². The minimum atomic E-state index is 0.611. The van der Waals surface area contributed by atoms with Crippen LogP contribution >= 0.6 is 0 Å². The lowest BCUT2D eigenvalue weighted by Crippen LogP contribution is -2.18. The number of ether oxygens (including phenoxy) is 3. The first-order valence-electron chi connectivity index (χ1n) is 11.2. The zero-order valence-electron chi connectivity index (χ0n) is 19.9. The average molecular weight is 455 g/mol. The molecule has 0 aromatic carbocycles. The van der Waals surface area contributed by atoms with Crippen molar-refractivity contribution in [2.75, 3.05) is 59.5 Å². The van der Waals surface area contributed by atoms with E-state index in [0.29, 0.717) is 19.1 Å². The highest BCUT2D eigenvalue weighted by Crippen LogP contribution is 2.29. The molecule has 0 bridgehead atoms. The van der Waals surface area contributed by atoms with Gasteiger partial charge >= 0.3 is 0 Å². The summed E-state index contributed by atoms with van der Waals surface area (Å²) in [4.78, 5) is 15.4. The van der Waals surface area contributed by atoms with Gasteiger partial charge in [-0.1, -0.05) is 0 Å². The second-order valence-electron chi connectivity index (χ2n) is 7.60. The number of nitrogens with one attached hydrogen (secondary N) is 2. The highest BCUT2D eigenvalue weighted by atomic mass is 16.6. The summed E-state index contributed by atoms with van der Waals surface area (Å²) in [5.41, 5.74) is 4.00. The Balaban J connectivity index is 0.000000171. The van der Waals surface area contributed by atoms with Crippen LogP contribution in [-0.2, 0) is 6.54 Å². The molecule has 2 aliphatic rings. The van der Waals surface area contributed by atoms with Crippen molar-refractivity contribution in [3.8, 4) is 17.4 Å². The SMILES string of the molecule is CNC.CNCc1cc2c(cn1)OCCO2.COc1ccc2nccc(N3CCCC3)c2n1. The van der Waals surface area contributed by atoms with Crippen LogP contribution in [0, 0.1) is 0 Å². The molecule has 9 nitrogen and oxygen atoms in total. The number of hydrogen-bond acceptors (Lipinski definition) is 9. The normalized spacial score (nSPS) is 14.1. The summed E-state index contributed by atoms with van der Waals surface area (Å²) in [6, 6.07) is 7.76. The summed E-state index contributed by atoms with van der Waals surface area (Å²) in [5, 5.41) is 5.78. The monoisotopic (exact) mass is 454 g/mol. The van der Waals surface area contributed by atoms with E-state index < -0.39 is 0 Å². The molecule has 2 N–H and O–H groups in total. The Morgan fingerprint density at radius 2 is 1.73 bits per heavy atom. The first-order valence-corrected chi connectivity index (χ1v) is 11.2. The van der Waals surface area contributed by atoms with Gasteiger partial charge in [0.2, 0.25) is 5.88 Å². The van der Waals surface area contributed by atoms with Crippen molar-refractivity contribution in [2.24, 2.45) is 0 Å². The van der Waals surface area contributed by atoms with E-state index in [1.807, 2.05) is 51.6 Å². The maximum absolute atomic E-state index is 5.42. The van der Waals surface area contributed by atoms with Crippen molar-refractivity contribution in [3.05, 3.63) is 42.4 Å². The third kappa shape index (κ3) is 6.66. The summed E-state index contributed by atoms with van der Waals surface area (Å²) in [5.74, 6) is 2.18. The zero-order chi connectivity index (χ0) is 23.5. The van der Waals surface area contributed by atoms with E-state index in [1.54, 1.807) is 13.3 Å². The maximum Gasteiger partial charge on any atom is 0.213 e. The molecule has 1 fully saturated rings. The number of nitrogens with zero attached hydrogens (tertiary/aromatic N) is 4. The number of rotatable bonds is 4. The van der Waals surface area contributed by atoms with Crippen molar-refractivity contribution in [1.82, 2.24) is 25.6 Å². The lowest BCUT2D eigenvalue weighted by Gasteiger charge is -2.18. The summed E-state index contributed by atoms with van der Waals surface area (Å²) in [6.07, 6.45) is 6.08. The average Bonchev–Trinajstić information content (AvgIpc) is 3.39. The number of anilines is 1. The Kier molecular flexibility index (Phi) is 9.46. The Hall–Kier alpha value is -3.17. The van der Waals surface area contributed by atoms with Gasteiger partial charge in [0.05, 0.1) is 30.2 Å². The molecule has 5 rings (SSSR count). The van der Waals surface area contributed by atoms with E-state index in [1.165, 1.54) is 18.5 Å². The van der Waals surface area contributed by atoms with Crippen LogP contribution in [-0.4, -0.2) is 69.5 Å². The Labute approximate surface area is 195 Å². The third-order valence-electron chi connectivity index (χ3n) is 5.04. The molecule has 9 heteroatoms. The fourth-order valence-electron chi connectivity index (χ4n) is 3.59. The van der Waals surface area contributed by atoms with Gasteiger partial charge in [-0.3, -0.25) is 9.97 Å². The Morgan fingerprint density at radius 1 is 1.00 bits per heavy atom. The number of pyridine rings is 3. The molecule has 0 unspecified atom stereocenters. The molecule has 3 aromatic heterocycles. The van der Waals surface area contributed by atoms with Gasteiger partial charge in [-0.05, 0) is 46.1 Å². The van der Waals surface area contributed by atoms with E-state index in [0.717, 1.165) is 47.9 Å². The van der Waals surface area contributed by atoms with Crippen LogP contribution in [0.15, 0.2) is 36.7 Å². The molecular weight excluding hydrogens is 420 g/mol. The summed E-state index contributed by atoms with van der Waals surface area (Å²) in [7, 11) is 7.28. The first-order chi connectivity index (χ1) is 16.2. The van der Waals surface area contributed by atoms with Gasteiger partial charge in [0.15, 0.2) is 11.5 Å². The zero-order valence-corrected chi connectivity index (χ0v) is 19.9. The molecule has 2 aliphatic heterocycles. The molecule has 0 saturated carbocycles. The smallest absolute Gasteiger partial charge is 0.213 e. The largest absolute Gasteiger partial charge is 0.486 e. The molecule has 5 heterocycles. The molecular formula is C24H34N6O3. The fourth-order valence-corrected chi connectivity index (χ4v) is 3.59. The summed E-state index contributed by atoms with van der Waals surface area (Å²) >= 11 is 0. The summed E-state index contributed by atoms with van der Waals surface area (Å²) < 4.78 is 15.9.